The molecular formula is C22H20N2O5S. The molecule has 0 fully saturated rings. The lowest BCUT2D eigenvalue weighted by atomic mass is 10.1. The fourth-order valence-electron chi connectivity index (χ4n) is 3.12. The Hall–Kier alpha value is -3.52. The second kappa shape index (κ2) is 8.46. The number of carbonyl (C=O) groups excluding carboxylic acids is 1. The van der Waals surface area contributed by atoms with Crippen LogP contribution in [-0.2, 0) is 6.54 Å². The summed E-state index contributed by atoms with van der Waals surface area (Å²) in [6.45, 7) is 0.238. The average molecular weight is 424 g/mol. The molecule has 2 aromatic carbocycles. The number of aromatic nitrogens is 1. The second-order valence-corrected chi connectivity index (χ2v) is 7.36. The molecule has 8 heteroatoms. The molecule has 0 aliphatic carbocycles. The largest absolute Gasteiger partial charge is 0.493 e. The Morgan fingerprint density at radius 2 is 1.77 bits per heavy atom. The molecule has 0 aliphatic rings. The van der Waals surface area contributed by atoms with E-state index in [-0.39, 0.29) is 12.5 Å². The Morgan fingerprint density at radius 1 is 1.03 bits per heavy atom. The van der Waals surface area contributed by atoms with Gasteiger partial charge in [0.2, 0.25) is 5.75 Å². The number of thiazole rings is 1. The van der Waals surface area contributed by atoms with Crippen LogP contribution in [0, 0.1) is 0 Å². The molecule has 0 spiro atoms. The van der Waals surface area contributed by atoms with Crippen molar-refractivity contribution >= 4 is 32.6 Å². The minimum atomic E-state index is -0.260. The van der Waals surface area contributed by atoms with Crippen LogP contribution < -0.4 is 19.1 Å². The summed E-state index contributed by atoms with van der Waals surface area (Å²) in [7, 11) is 4.55. The molecule has 0 saturated carbocycles. The smallest absolute Gasteiger partial charge is 0.260 e. The van der Waals surface area contributed by atoms with E-state index in [0.717, 1.165) is 10.2 Å². The van der Waals surface area contributed by atoms with Crippen LogP contribution in [0.1, 0.15) is 16.1 Å². The fraction of sp³-hybridized carbons (Fsp3) is 0.182. The summed E-state index contributed by atoms with van der Waals surface area (Å²) in [5.74, 6) is 1.62. The molecule has 0 N–H and O–H groups in total. The van der Waals surface area contributed by atoms with Crippen LogP contribution in [0.3, 0.4) is 0 Å². The number of para-hydroxylation sites is 1. The molecular weight excluding hydrogens is 404 g/mol. The van der Waals surface area contributed by atoms with Gasteiger partial charge in [-0.05, 0) is 36.4 Å². The molecule has 1 amide bonds. The van der Waals surface area contributed by atoms with E-state index in [2.05, 4.69) is 4.98 Å². The summed E-state index contributed by atoms with van der Waals surface area (Å²) in [6, 6.07) is 14.6. The van der Waals surface area contributed by atoms with Crippen LogP contribution in [0.5, 0.6) is 17.2 Å². The van der Waals surface area contributed by atoms with E-state index in [1.165, 1.54) is 32.7 Å². The first-order valence-corrected chi connectivity index (χ1v) is 9.96. The van der Waals surface area contributed by atoms with Crippen molar-refractivity contribution in [2.45, 2.75) is 6.54 Å². The quantitative estimate of drug-likeness (QED) is 0.426. The highest BCUT2D eigenvalue weighted by Crippen LogP contribution is 2.39. The number of amides is 1. The molecule has 30 heavy (non-hydrogen) atoms. The standard InChI is InChI=1S/C22H20N2O5S/c1-26-17-11-14(12-18(27-2)20(17)28-3)21(25)24(13-15-7-6-10-29-15)22-23-16-8-4-5-9-19(16)30-22/h4-12H,13H2,1-3H3. The van der Waals surface area contributed by atoms with Gasteiger partial charge in [-0.1, -0.05) is 23.5 Å². The summed E-state index contributed by atoms with van der Waals surface area (Å²) in [5, 5.41) is 0.575. The summed E-state index contributed by atoms with van der Waals surface area (Å²) < 4.78 is 22.6. The molecule has 4 aromatic rings. The van der Waals surface area contributed by atoms with Gasteiger partial charge in [-0.3, -0.25) is 9.69 Å². The molecule has 0 saturated heterocycles. The van der Waals surface area contributed by atoms with E-state index in [0.29, 0.717) is 33.7 Å². The van der Waals surface area contributed by atoms with Crippen molar-refractivity contribution in [2.75, 3.05) is 26.2 Å². The Kier molecular flexibility index (Phi) is 5.58. The third-order valence-corrected chi connectivity index (χ3v) is 5.62. The first kappa shape index (κ1) is 19.8. The first-order valence-electron chi connectivity index (χ1n) is 9.14. The van der Waals surface area contributed by atoms with Crippen LogP contribution in [0.2, 0.25) is 0 Å². The lowest BCUT2D eigenvalue weighted by molar-refractivity contribution is 0.0982. The molecule has 0 unspecified atom stereocenters. The molecule has 0 bridgehead atoms. The zero-order valence-electron chi connectivity index (χ0n) is 16.7. The molecule has 0 radical (unpaired) electrons. The number of ether oxygens (including phenoxy) is 3. The number of hydrogen-bond acceptors (Lipinski definition) is 7. The Bertz CT molecular complexity index is 1110. The second-order valence-electron chi connectivity index (χ2n) is 6.35. The normalized spacial score (nSPS) is 10.8. The highest BCUT2D eigenvalue weighted by atomic mass is 32.1. The Balaban J connectivity index is 1.79. The maximum absolute atomic E-state index is 13.6. The van der Waals surface area contributed by atoms with E-state index in [1.807, 2.05) is 30.3 Å². The number of hydrogen-bond donors (Lipinski definition) is 0. The van der Waals surface area contributed by atoms with Crippen molar-refractivity contribution in [3.8, 4) is 17.2 Å². The third-order valence-electron chi connectivity index (χ3n) is 4.56. The minimum absolute atomic E-state index is 0.238. The van der Waals surface area contributed by atoms with Gasteiger partial charge in [0.05, 0.1) is 44.4 Å². The highest BCUT2D eigenvalue weighted by molar-refractivity contribution is 7.22. The predicted molar refractivity (Wildman–Crippen MR) is 115 cm³/mol. The van der Waals surface area contributed by atoms with Crippen molar-refractivity contribution in [3.05, 3.63) is 66.1 Å². The van der Waals surface area contributed by atoms with Crippen molar-refractivity contribution in [3.63, 3.8) is 0 Å². The Labute approximate surface area is 177 Å². The zero-order valence-corrected chi connectivity index (χ0v) is 17.6. The Morgan fingerprint density at radius 3 is 2.37 bits per heavy atom. The number of nitrogens with zero attached hydrogens (tertiary/aromatic N) is 2. The van der Waals surface area contributed by atoms with Gasteiger partial charge in [0, 0.05) is 5.56 Å². The van der Waals surface area contributed by atoms with Gasteiger partial charge in [-0.25, -0.2) is 4.98 Å². The lowest BCUT2D eigenvalue weighted by Gasteiger charge is -2.20. The fourth-order valence-corrected chi connectivity index (χ4v) is 4.08. The minimum Gasteiger partial charge on any atom is -0.493 e. The van der Waals surface area contributed by atoms with Crippen LogP contribution in [-0.4, -0.2) is 32.2 Å². The van der Waals surface area contributed by atoms with E-state index in [9.17, 15) is 4.79 Å². The van der Waals surface area contributed by atoms with Gasteiger partial charge >= 0.3 is 0 Å². The zero-order chi connectivity index (χ0) is 21.1. The van der Waals surface area contributed by atoms with E-state index < -0.39 is 0 Å². The summed E-state index contributed by atoms with van der Waals surface area (Å²) in [4.78, 5) is 19.8. The number of methoxy groups -OCH3 is 3. The average Bonchev–Trinajstić information content (AvgIpc) is 3.45. The van der Waals surface area contributed by atoms with E-state index in [4.69, 9.17) is 18.6 Å². The van der Waals surface area contributed by atoms with Gasteiger partial charge in [-0.15, -0.1) is 0 Å². The molecule has 0 atom stereocenters. The van der Waals surface area contributed by atoms with Gasteiger partial charge in [-0.2, -0.15) is 0 Å². The van der Waals surface area contributed by atoms with Crippen LogP contribution >= 0.6 is 11.3 Å². The van der Waals surface area contributed by atoms with Gasteiger partial charge in [0.15, 0.2) is 16.6 Å². The number of carbonyl (C=O) groups is 1. The summed E-state index contributed by atoms with van der Waals surface area (Å²) in [6.07, 6.45) is 1.58. The predicted octanol–water partition coefficient (Wildman–Crippen LogP) is 4.76. The summed E-state index contributed by atoms with van der Waals surface area (Å²) in [5.41, 5.74) is 1.22. The number of benzene rings is 2. The topological polar surface area (TPSA) is 74.0 Å². The van der Waals surface area contributed by atoms with Gasteiger partial charge < -0.3 is 18.6 Å². The maximum Gasteiger partial charge on any atom is 0.260 e. The SMILES string of the molecule is COc1cc(C(=O)N(Cc2ccco2)c2nc3ccccc3s2)cc(OC)c1OC. The number of fused-ring (bicyclic) bond motifs is 1. The summed E-state index contributed by atoms with van der Waals surface area (Å²) >= 11 is 1.44. The van der Waals surface area contributed by atoms with Crippen molar-refractivity contribution in [1.29, 1.82) is 0 Å². The highest BCUT2D eigenvalue weighted by Gasteiger charge is 2.25. The lowest BCUT2D eigenvalue weighted by Crippen LogP contribution is -2.30. The molecule has 0 aliphatic heterocycles. The van der Waals surface area contributed by atoms with Gasteiger partial charge in [0.25, 0.3) is 5.91 Å². The molecule has 7 nitrogen and oxygen atoms in total. The molecule has 2 heterocycles. The molecule has 4 rings (SSSR count). The maximum atomic E-state index is 13.6. The van der Waals surface area contributed by atoms with Gasteiger partial charge in [0.1, 0.15) is 5.76 Å². The number of rotatable bonds is 7. The van der Waals surface area contributed by atoms with Crippen LogP contribution in [0.4, 0.5) is 5.13 Å². The third kappa shape index (κ3) is 3.69. The van der Waals surface area contributed by atoms with E-state index >= 15 is 0 Å². The number of furan rings is 1. The monoisotopic (exact) mass is 424 g/mol. The van der Waals surface area contributed by atoms with Crippen molar-refractivity contribution in [1.82, 2.24) is 4.98 Å². The number of anilines is 1. The van der Waals surface area contributed by atoms with Crippen LogP contribution in [0.15, 0.2) is 59.2 Å². The molecule has 2 aromatic heterocycles. The molecule has 154 valence electrons. The van der Waals surface area contributed by atoms with Crippen molar-refractivity contribution in [2.24, 2.45) is 0 Å². The van der Waals surface area contributed by atoms with Crippen LogP contribution in [0.25, 0.3) is 10.2 Å². The first-order chi connectivity index (χ1) is 14.6. The van der Waals surface area contributed by atoms with E-state index in [1.54, 1.807) is 29.4 Å². The van der Waals surface area contributed by atoms with Crippen molar-refractivity contribution < 1.29 is 23.4 Å².